The smallest absolute Gasteiger partial charge is 0.265 e. The maximum Gasteiger partial charge on any atom is 0.265 e. The highest BCUT2D eigenvalue weighted by Crippen LogP contribution is 2.50. The second-order valence-electron chi connectivity index (χ2n) is 7.20. The van der Waals surface area contributed by atoms with Crippen LogP contribution in [-0.4, -0.2) is 11.8 Å². The summed E-state index contributed by atoms with van der Waals surface area (Å²) < 4.78 is 0. The minimum atomic E-state index is -0.286. The molecule has 4 aromatic carbocycles. The van der Waals surface area contributed by atoms with E-state index in [4.69, 9.17) is 5.73 Å². The summed E-state index contributed by atoms with van der Waals surface area (Å²) >= 11 is 3.27. The van der Waals surface area contributed by atoms with Crippen LogP contribution in [-0.2, 0) is 0 Å². The zero-order valence-corrected chi connectivity index (χ0v) is 17.2. The molecule has 2 N–H and O–H groups in total. The second kappa shape index (κ2) is 6.39. The average Bonchev–Trinajstić information content (AvgIpc) is 2.76. The van der Waals surface area contributed by atoms with E-state index in [0.29, 0.717) is 16.8 Å². The molecule has 6 heteroatoms. The SMILES string of the molecule is Nc1ccc2c(c1)Sc1ccc(N3C(=O)c4cccc5cccc(c45)C3=O)cc1S2. The van der Waals surface area contributed by atoms with Crippen molar-refractivity contribution in [3.8, 4) is 0 Å². The first-order valence-corrected chi connectivity index (χ1v) is 11.0. The molecule has 0 fully saturated rings. The number of imide groups is 1. The lowest BCUT2D eigenvalue weighted by Gasteiger charge is -2.28. The fourth-order valence-electron chi connectivity index (χ4n) is 3.99. The summed E-state index contributed by atoms with van der Waals surface area (Å²) in [6.07, 6.45) is 0. The number of hydrogen-bond acceptors (Lipinski definition) is 5. The standard InChI is InChI=1S/C24H14N2O2S2/c25-14-7-9-18-20(11-14)29-19-10-8-15(12-21(19)30-18)26-23(27)16-5-1-3-13-4-2-6-17(22(13)16)24(26)28/h1-12H,25H2. The van der Waals surface area contributed by atoms with E-state index in [1.54, 1.807) is 35.7 Å². The molecule has 0 saturated carbocycles. The van der Waals surface area contributed by atoms with Gasteiger partial charge in [0.05, 0.1) is 5.69 Å². The van der Waals surface area contributed by atoms with Gasteiger partial charge in [-0.3, -0.25) is 9.59 Å². The summed E-state index contributed by atoms with van der Waals surface area (Å²) in [6.45, 7) is 0. The maximum atomic E-state index is 13.3. The van der Waals surface area contributed by atoms with Gasteiger partial charge in [0, 0.05) is 41.8 Å². The van der Waals surface area contributed by atoms with Gasteiger partial charge in [0.1, 0.15) is 0 Å². The first kappa shape index (κ1) is 17.6. The Morgan fingerprint density at radius 2 is 1.27 bits per heavy atom. The van der Waals surface area contributed by atoms with Crippen molar-refractivity contribution in [3.63, 3.8) is 0 Å². The Bertz CT molecular complexity index is 1360. The Morgan fingerprint density at radius 3 is 1.93 bits per heavy atom. The number of nitrogen functional groups attached to an aromatic ring is 1. The monoisotopic (exact) mass is 426 g/mol. The molecular formula is C24H14N2O2S2. The fourth-order valence-corrected chi connectivity index (χ4v) is 6.27. The first-order valence-electron chi connectivity index (χ1n) is 9.40. The average molecular weight is 427 g/mol. The van der Waals surface area contributed by atoms with Gasteiger partial charge in [-0.05, 0) is 53.9 Å². The fraction of sp³-hybridized carbons (Fsp3) is 0. The second-order valence-corrected chi connectivity index (χ2v) is 9.36. The molecule has 0 atom stereocenters. The van der Waals surface area contributed by atoms with Crippen LogP contribution in [0.4, 0.5) is 11.4 Å². The minimum absolute atomic E-state index is 0.286. The highest BCUT2D eigenvalue weighted by molar-refractivity contribution is 8.05. The Balaban J connectivity index is 1.45. The van der Waals surface area contributed by atoms with E-state index >= 15 is 0 Å². The lowest BCUT2D eigenvalue weighted by atomic mass is 9.94. The van der Waals surface area contributed by atoms with Crippen LogP contribution in [0.2, 0.25) is 0 Å². The summed E-state index contributed by atoms with van der Waals surface area (Å²) in [5, 5.41) is 1.64. The molecule has 0 aliphatic carbocycles. The van der Waals surface area contributed by atoms with Crippen molar-refractivity contribution in [2.75, 3.05) is 10.6 Å². The van der Waals surface area contributed by atoms with Crippen LogP contribution < -0.4 is 10.6 Å². The van der Waals surface area contributed by atoms with Crippen LogP contribution in [0, 0.1) is 0 Å². The predicted molar refractivity (Wildman–Crippen MR) is 121 cm³/mol. The highest BCUT2D eigenvalue weighted by atomic mass is 32.2. The number of carbonyl (C=O) groups excluding carboxylic acids is 2. The van der Waals surface area contributed by atoms with Gasteiger partial charge in [-0.1, -0.05) is 47.8 Å². The van der Waals surface area contributed by atoms with E-state index in [-0.39, 0.29) is 11.8 Å². The molecule has 2 aliphatic heterocycles. The Morgan fingerprint density at radius 1 is 0.667 bits per heavy atom. The number of rotatable bonds is 1. The topological polar surface area (TPSA) is 63.4 Å². The number of fused-ring (bicyclic) bond motifs is 2. The number of anilines is 2. The molecule has 30 heavy (non-hydrogen) atoms. The quantitative estimate of drug-likeness (QED) is 0.270. The lowest BCUT2D eigenvalue weighted by Crippen LogP contribution is -2.40. The summed E-state index contributed by atoms with van der Waals surface area (Å²) in [7, 11) is 0. The third kappa shape index (κ3) is 2.51. The van der Waals surface area contributed by atoms with Gasteiger partial charge in [0.15, 0.2) is 0 Å². The molecule has 4 aromatic rings. The van der Waals surface area contributed by atoms with E-state index in [0.717, 1.165) is 36.0 Å². The van der Waals surface area contributed by atoms with Gasteiger partial charge in [-0.15, -0.1) is 0 Å². The first-order chi connectivity index (χ1) is 14.6. The number of carbonyl (C=O) groups is 2. The van der Waals surface area contributed by atoms with Gasteiger partial charge in [-0.25, -0.2) is 4.90 Å². The van der Waals surface area contributed by atoms with Crippen LogP contribution >= 0.6 is 23.5 Å². The highest BCUT2D eigenvalue weighted by Gasteiger charge is 2.34. The third-order valence-corrected chi connectivity index (χ3v) is 7.89. The van der Waals surface area contributed by atoms with Crippen molar-refractivity contribution in [2.45, 2.75) is 19.6 Å². The molecule has 2 aliphatic rings. The zero-order chi connectivity index (χ0) is 20.4. The lowest BCUT2D eigenvalue weighted by molar-refractivity contribution is 0.0893. The summed E-state index contributed by atoms with van der Waals surface area (Å²) in [6, 6.07) is 22.7. The number of nitrogens with zero attached hydrogens (tertiary/aromatic N) is 1. The van der Waals surface area contributed by atoms with Gasteiger partial charge < -0.3 is 5.73 Å². The van der Waals surface area contributed by atoms with Gasteiger partial charge in [0.25, 0.3) is 11.8 Å². The van der Waals surface area contributed by atoms with Crippen molar-refractivity contribution >= 4 is 57.5 Å². The number of nitrogens with two attached hydrogens (primary N) is 1. The Labute approximate surface area is 181 Å². The van der Waals surface area contributed by atoms with E-state index < -0.39 is 0 Å². The minimum Gasteiger partial charge on any atom is -0.399 e. The Hall–Kier alpha value is -3.22. The van der Waals surface area contributed by atoms with Crippen LogP contribution in [0.15, 0.2) is 92.4 Å². The zero-order valence-electron chi connectivity index (χ0n) is 15.6. The molecule has 6 rings (SSSR count). The van der Waals surface area contributed by atoms with Crippen LogP contribution in [0.25, 0.3) is 10.8 Å². The number of hydrogen-bond donors (Lipinski definition) is 1. The van der Waals surface area contributed by atoms with Gasteiger partial charge in [-0.2, -0.15) is 0 Å². The number of amides is 2. The van der Waals surface area contributed by atoms with Crippen molar-refractivity contribution in [1.29, 1.82) is 0 Å². The van der Waals surface area contributed by atoms with Gasteiger partial charge >= 0.3 is 0 Å². The maximum absolute atomic E-state index is 13.3. The molecule has 0 radical (unpaired) electrons. The molecule has 4 nitrogen and oxygen atoms in total. The molecule has 0 saturated heterocycles. The van der Waals surface area contributed by atoms with Crippen molar-refractivity contribution in [1.82, 2.24) is 0 Å². The molecule has 0 bridgehead atoms. The van der Waals surface area contributed by atoms with Crippen molar-refractivity contribution in [3.05, 3.63) is 83.9 Å². The molecule has 0 unspecified atom stereocenters. The van der Waals surface area contributed by atoms with Crippen LogP contribution in [0.1, 0.15) is 20.7 Å². The molecule has 144 valence electrons. The van der Waals surface area contributed by atoms with Crippen molar-refractivity contribution < 1.29 is 9.59 Å². The Kier molecular flexibility index (Phi) is 3.75. The summed E-state index contributed by atoms with van der Waals surface area (Å²) in [5.74, 6) is -0.572. The predicted octanol–water partition coefficient (Wildman–Crippen LogP) is 5.84. The number of benzene rings is 4. The molecule has 2 amide bonds. The van der Waals surface area contributed by atoms with E-state index in [9.17, 15) is 9.59 Å². The van der Waals surface area contributed by atoms with Crippen molar-refractivity contribution in [2.24, 2.45) is 0 Å². The third-order valence-electron chi connectivity index (χ3n) is 5.36. The molecule has 0 aromatic heterocycles. The van der Waals surface area contributed by atoms with Crippen LogP contribution in [0.3, 0.4) is 0 Å². The summed E-state index contributed by atoms with van der Waals surface area (Å²) in [4.78, 5) is 32.2. The van der Waals surface area contributed by atoms with Gasteiger partial charge in [0.2, 0.25) is 0 Å². The molecule has 2 heterocycles. The molecule has 0 spiro atoms. The normalized spacial score (nSPS) is 14.6. The van der Waals surface area contributed by atoms with E-state index in [1.165, 1.54) is 4.90 Å². The molecular weight excluding hydrogens is 412 g/mol. The van der Waals surface area contributed by atoms with Crippen LogP contribution in [0.5, 0.6) is 0 Å². The van der Waals surface area contributed by atoms with E-state index in [2.05, 4.69) is 0 Å². The van der Waals surface area contributed by atoms with E-state index in [1.807, 2.05) is 60.7 Å². The largest absolute Gasteiger partial charge is 0.399 e. The summed E-state index contributed by atoms with van der Waals surface area (Å²) in [5.41, 5.74) is 8.36.